The van der Waals surface area contributed by atoms with E-state index in [0.29, 0.717) is 17.3 Å². The molecule has 112 valence electrons. The number of hydrogen-bond acceptors (Lipinski definition) is 3. The molecule has 0 radical (unpaired) electrons. The summed E-state index contributed by atoms with van der Waals surface area (Å²) >= 11 is 0. The molecular formula is C18H18N2O2. The highest BCUT2D eigenvalue weighted by Gasteiger charge is 2.20. The Bertz CT molecular complexity index is 668. The second kappa shape index (κ2) is 6.89. The number of ether oxygens (including phenoxy) is 1. The average molecular weight is 294 g/mol. The summed E-state index contributed by atoms with van der Waals surface area (Å²) in [5.41, 5.74) is 0.603. The van der Waals surface area contributed by atoms with E-state index in [-0.39, 0.29) is 11.8 Å². The molecule has 22 heavy (non-hydrogen) atoms. The van der Waals surface area contributed by atoms with Crippen LogP contribution in [-0.2, 0) is 4.79 Å². The number of allylic oxidation sites excluding steroid dienone is 2. The van der Waals surface area contributed by atoms with Crippen molar-refractivity contribution in [1.82, 2.24) is 4.98 Å². The molecular weight excluding hydrogens is 276 g/mol. The van der Waals surface area contributed by atoms with Gasteiger partial charge < -0.3 is 10.1 Å². The zero-order valence-electron chi connectivity index (χ0n) is 12.2. The maximum Gasteiger partial charge on any atom is 0.243 e. The fraction of sp³-hybridized carbons (Fsp3) is 0.222. The number of nitrogens with zero attached hydrogens (tertiary/aromatic N) is 1. The fourth-order valence-corrected chi connectivity index (χ4v) is 2.43. The second-order valence-corrected chi connectivity index (χ2v) is 5.24. The van der Waals surface area contributed by atoms with Gasteiger partial charge in [-0.3, -0.25) is 4.79 Å². The first kappa shape index (κ1) is 14.3. The van der Waals surface area contributed by atoms with Gasteiger partial charge in [-0.15, -0.1) is 0 Å². The molecule has 0 spiro atoms. The van der Waals surface area contributed by atoms with Crippen LogP contribution >= 0.6 is 0 Å². The van der Waals surface area contributed by atoms with Crippen molar-refractivity contribution in [3.63, 3.8) is 0 Å². The van der Waals surface area contributed by atoms with Crippen molar-refractivity contribution < 1.29 is 9.53 Å². The summed E-state index contributed by atoms with van der Waals surface area (Å²) in [6, 6.07) is 13.0. The number of amides is 1. The Kier molecular flexibility index (Phi) is 4.49. The van der Waals surface area contributed by atoms with Crippen LogP contribution < -0.4 is 10.1 Å². The minimum absolute atomic E-state index is 0.0229. The molecule has 0 saturated carbocycles. The first-order valence-corrected chi connectivity index (χ1v) is 7.47. The van der Waals surface area contributed by atoms with Crippen molar-refractivity contribution in [3.8, 4) is 11.6 Å². The Morgan fingerprint density at radius 1 is 1.14 bits per heavy atom. The van der Waals surface area contributed by atoms with Crippen LogP contribution in [0.4, 0.5) is 5.69 Å². The largest absolute Gasteiger partial charge is 0.437 e. The third kappa shape index (κ3) is 3.52. The number of hydrogen-bond donors (Lipinski definition) is 1. The molecule has 4 heteroatoms. The molecule has 2 aromatic rings. The molecule has 4 nitrogen and oxygen atoms in total. The molecule has 1 aliphatic rings. The fourth-order valence-electron chi connectivity index (χ4n) is 2.43. The van der Waals surface area contributed by atoms with Gasteiger partial charge in [-0.25, -0.2) is 4.98 Å². The minimum Gasteiger partial charge on any atom is -0.437 e. The van der Waals surface area contributed by atoms with Crippen molar-refractivity contribution in [3.05, 3.63) is 60.8 Å². The van der Waals surface area contributed by atoms with Gasteiger partial charge in [0.2, 0.25) is 11.8 Å². The molecule has 1 N–H and O–H groups in total. The maximum atomic E-state index is 12.3. The van der Waals surface area contributed by atoms with Crippen LogP contribution in [0.5, 0.6) is 11.6 Å². The van der Waals surface area contributed by atoms with Gasteiger partial charge in [-0.05, 0) is 43.5 Å². The summed E-state index contributed by atoms with van der Waals surface area (Å²) < 4.78 is 5.76. The molecule has 1 atom stereocenters. The summed E-state index contributed by atoms with van der Waals surface area (Å²) in [4.78, 5) is 16.6. The van der Waals surface area contributed by atoms with E-state index in [1.54, 1.807) is 12.3 Å². The van der Waals surface area contributed by atoms with Crippen molar-refractivity contribution in [2.75, 3.05) is 5.32 Å². The third-order valence-corrected chi connectivity index (χ3v) is 3.63. The molecule has 0 aliphatic heterocycles. The zero-order valence-corrected chi connectivity index (χ0v) is 12.2. The molecule has 0 bridgehead atoms. The minimum atomic E-state index is 0.0229. The van der Waals surface area contributed by atoms with E-state index in [1.807, 2.05) is 36.4 Å². The standard InChI is InChI=1S/C18H18N2O2/c21-17(14-8-3-1-4-9-14)20-16-12-7-13-19-18(16)22-15-10-5-2-6-11-15/h1-3,5-7,10-14H,4,8-9H2,(H,20,21). The maximum absolute atomic E-state index is 12.3. The Hall–Kier alpha value is -2.62. The number of carbonyl (C=O) groups is 1. The van der Waals surface area contributed by atoms with Crippen LogP contribution in [0.1, 0.15) is 19.3 Å². The zero-order chi connectivity index (χ0) is 15.2. The van der Waals surface area contributed by atoms with Crippen molar-refractivity contribution in [2.24, 2.45) is 5.92 Å². The quantitative estimate of drug-likeness (QED) is 0.861. The van der Waals surface area contributed by atoms with Crippen LogP contribution in [0.25, 0.3) is 0 Å². The third-order valence-electron chi connectivity index (χ3n) is 3.63. The van der Waals surface area contributed by atoms with Gasteiger partial charge >= 0.3 is 0 Å². The number of pyridine rings is 1. The number of nitrogens with one attached hydrogen (secondary N) is 1. The van der Waals surface area contributed by atoms with Gasteiger partial charge in [0.25, 0.3) is 0 Å². The van der Waals surface area contributed by atoms with Gasteiger partial charge in [0.15, 0.2) is 0 Å². The van der Waals surface area contributed by atoms with Crippen molar-refractivity contribution >= 4 is 11.6 Å². The Morgan fingerprint density at radius 2 is 2.00 bits per heavy atom. The first-order valence-electron chi connectivity index (χ1n) is 7.47. The summed E-state index contributed by atoms with van der Waals surface area (Å²) in [6.07, 6.45) is 8.48. The summed E-state index contributed by atoms with van der Waals surface area (Å²) in [5.74, 6) is 1.15. The molecule has 3 rings (SSSR count). The molecule has 1 aliphatic carbocycles. The van der Waals surface area contributed by atoms with Gasteiger partial charge in [0, 0.05) is 12.1 Å². The molecule has 1 amide bonds. The SMILES string of the molecule is O=C(Nc1cccnc1Oc1ccccc1)C1CC=CCC1. The summed E-state index contributed by atoms with van der Waals surface area (Å²) in [6.45, 7) is 0. The smallest absolute Gasteiger partial charge is 0.243 e. The highest BCUT2D eigenvalue weighted by Crippen LogP contribution is 2.28. The van der Waals surface area contributed by atoms with E-state index in [1.165, 1.54) is 0 Å². The lowest BCUT2D eigenvalue weighted by Crippen LogP contribution is -2.23. The van der Waals surface area contributed by atoms with Gasteiger partial charge in [-0.2, -0.15) is 0 Å². The average Bonchev–Trinajstić information content (AvgIpc) is 2.58. The van der Waals surface area contributed by atoms with Crippen LogP contribution in [-0.4, -0.2) is 10.9 Å². The van der Waals surface area contributed by atoms with Crippen LogP contribution in [0, 0.1) is 5.92 Å². The lowest BCUT2D eigenvalue weighted by Gasteiger charge is -2.18. The highest BCUT2D eigenvalue weighted by atomic mass is 16.5. The molecule has 1 aromatic carbocycles. The van der Waals surface area contributed by atoms with Crippen LogP contribution in [0.2, 0.25) is 0 Å². The number of rotatable bonds is 4. The lowest BCUT2D eigenvalue weighted by molar-refractivity contribution is -0.120. The van der Waals surface area contributed by atoms with E-state index in [4.69, 9.17) is 4.74 Å². The number of anilines is 1. The van der Waals surface area contributed by atoms with Gasteiger partial charge in [0.1, 0.15) is 11.4 Å². The Labute approximate surface area is 129 Å². The Morgan fingerprint density at radius 3 is 2.77 bits per heavy atom. The molecule has 0 saturated heterocycles. The normalized spacial score (nSPS) is 17.0. The molecule has 1 unspecified atom stereocenters. The summed E-state index contributed by atoms with van der Waals surface area (Å²) in [5, 5.41) is 2.94. The van der Waals surface area contributed by atoms with E-state index in [0.717, 1.165) is 19.3 Å². The Balaban J connectivity index is 1.73. The van der Waals surface area contributed by atoms with Crippen LogP contribution in [0.3, 0.4) is 0 Å². The number of para-hydroxylation sites is 1. The predicted molar refractivity (Wildman–Crippen MR) is 85.9 cm³/mol. The van der Waals surface area contributed by atoms with Gasteiger partial charge in [-0.1, -0.05) is 30.4 Å². The molecule has 1 heterocycles. The summed E-state index contributed by atoms with van der Waals surface area (Å²) in [7, 11) is 0. The number of carbonyl (C=O) groups excluding carboxylic acids is 1. The van der Waals surface area contributed by atoms with Crippen LogP contribution in [0.15, 0.2) is 60.8 Å². The van der Waals surface area contributed by atoms with Crippen molar-refractivity contribution in [2.45, 2.75) is 19.3 Å². The number of benzene rings is 1. The van der Waals surface area contributed by atoms with E-state index in [2.05, 4.69) is 22.5 Å². The molecule has 1 aromatic heterocycles. The second-order valence-electron chi connectivity index (χ2n) is 5.24. The van der Waals surface area contributed by atoms with E-state index < -0.39 is 0 Å². The predicted octanol–water partition coefficient (Wildman–Crippen LogP) is 4.17. The highest BCUT2D eigenvalue weighted by molar-refractivity contribution is 5.93. The topological polar surface area (TPSA) is 51.2 Å². The van der Waals surface area contributed by atoms with E-state index in [9.17, 15) is 4.79 Å². The molecule has 0 fully saturated rings. The monoisotopic (exact) mass is 294 g/mol. The van der Waals surface area contributed by atoms with E-state index >= 15 is 0 Å². The van der Waals surface area contributed by atoms with Crippen molar-refractivity contribution in [1.29, 1.82) is 0 Å². The number of aromatic nitrogens is 1. The lowest BCUT2D eigenvalue weighted by atomic mass is 9.93. The first-order chi connectivity index (χ1) is 10.8. The van der Waals surface area contributed by atoms with Gasteiger partial charge in [0.05, 0.1) is 0 Å².